The van der Waals surface area contributed by atoms with Crippen LogP contribution < -0.4 is 4.90 Å². The molecule has 0 bridgehead atoms. The van der Waals surface area contributed by atoms with Gasteiger partial charge in [-0.05, 0) is 25.0 Å². The van der Waals surface area contributed by atoms with Gasteiger partial charge in [-0.15, -0.1) is 10.2 Å². The van der Waals surface area contributed by atoms with Crippen LogP contribution in [0.1, 0.15) is 30.4 Å². The first-order valence-corrected chi connectivity index (χ1v) is 8.41. The largest absolute Gasteiger partial charge is 0.353 e. The lowest BCUT2D eigenvalue weighted by atomic mass is 9.97. The number of imidazole rings is 1. The molecule has 1 saturated heterocycles. The van der Waals surface area contributed by atoms with Gasteiger partial charge in [0.25, 0.3) is 0 Å². The molecule has 1 atom stereocenters. The van der Waals surface area contributed by atoms with Gasteiger partial charge in [-0.2, -0.15) is 0 Å². The first kappa shape index (κ1) is 15.7. The molecule has 0 spiro atoms. The fourth-order valence-electron chi connectivity index (χ4n) is 3.40. The van der Waals surface area contributed by atoms with Crippen molar-refractivity contribution in [2.45, 2.75) is 25.3 Å². The molecule has 0 radical (unpaired) electrons. The number of hydrogen-bond acceptors (Lipinski definition) is 5. The predicted octanol–water partition coefficient (Wildman–Crippen LogP) is 1.98. The van der Waals surface area contributed by atoms with Crippen molar-refractivity contribution in [3.8, 4) is 0 Å². The van der Waals surface area contributed by atoms with Crippen molar-refractivity contribution in [3.63, 3.8) is 0 Å². The summed E-state index contributed by atoms with van der Waals surface area (Å²) in [6.07, 6.45) is 9.04. The lowest BCUT2D eigenvalue weighted by Gasteiger charge is -2.33. The van der Waals surface area contributed by atoms with Gasteiger partial charge in [-0.3, -0.25) is 0 Å². The fraction of sp³-hybridized carbons (Fsp3) is 0.412. The summed E-state index contributed by atoms with van der Waals surface area (Å²) in [6.45, 7) is 2.14. The van der Waals surface area contributed by atoms with Crippen LogP contribution in [-0.2, 0) is 13.6 Å². The van der Waals surface area contributed by atoms with E-state index in [4.69, 9.17) is 0 Å². The highest BCUT2D eigenvalue weighted by Crippen LogP contribution is 2.29. The average molecular weight is 341 g/mol. The molecule has 0 amide bonds. The maximum atomic E-state index is 14.1. The quantitative estimate of drug-likeness (QED) is 0.726. The lowest BCUT2D eigenvalue weighted by Crippen LogP contribution is -2.36. The minimum Gasteiger partial charge on any atom is -0.353 e. The maximum Gasteiger partial charge on any atom is 0.165 e. The normalized spacial score (nSPS) is 17.8. The number of pyridine rings is 1. The molecular weight excluding hydrogens is 321 g/mol. The van der Waals surface area contributed by atoms with E-state index in [1.54, 1.807) is 24.8 Å². The topological polar surface area (TPSA) is 64.7 Å². The first-order chi connectivity index (χ1) is 12.2. The highest BCUT2D eigenvalue weighted by molar-refractivity contribution is 5.40. The lowest BCUT2D eigenvalue weighted by molar-refractivity contribution is 0.469. The van der Waals surface area contributed by atoms with E-state index in [1.165, 1.54) is 6.07 Å². The minimum atomic E-state index is -0.276. The van der Waals surface area contributed by atoms with Crippen molar-refractivity contribution in [3.05, 3.63) is 54.5 Å². The Kier molecular flexibility index (Phi) is 4.17. The molecule has 1 fully saturated rings. The van der Waals surface area contributed by atoms with Gasteiger partial charge in [0.15, 0.2) is 17.5 Å². The van der Waals surface area contributed by atoms with Crippen LogP contribution in [0.4, 0.5) is 10.2 Å². The number of nitrogens with zero attached hydrogens (tertiary/aromatic N) is 7. The first-order valence-electron chi connectivity index (χ1n) is 8.41. The highest BCUT2D eigenvalue weighted by atomic mass is 19.1. The molecule has 7 nitrogen and oxygen atoms in total. The smallest absolute Gasteiger partial charge is 0.165 e. The molecular formula is C17H20FN7. The molecule has 1 aliphatic heterocycles. The third-order valence-corrected chi connectivity index (χ3v) is 4.71. The second-order valence-electron chi connectivity index (χ2n) is 6.36. The van der Waals surface area contributed by atoms with Gasteiger partial charge >= 0.3 is 0 Å². The van der Waals surface area contributed by atoms with Crippen molar-refractivity contribution < 1.29 is 4.39 Å². The van der Waals surface area contributed by atoms with Gasteiger partial charge in [0.2, 0.25) is 0 Å². The van der Waals surface area contributed by atoms with Gasteiger partial charge in [-0.25, -0.2) is 14.4 Å². The van der Waals surface area contributed by atoms with E-state index < -0.39 is 0 Å². The van der Waals surface area contributed by atoms with Crippen molar-refractivity contribution in [2.75, 3.05) is 18.0 Å². The van der Waals surface area contributed by atoms with Crippen LogP contribution in [-0.4, -0.2) is 42.4 Å². The third-order valence-electron chi connectivity index (χ3n) is 4.71. The Bertz CT molecular complexity index is 843. The van der Waals surface area contributed by atoms with E-state index in [2.05, 4.69) is 20.2 Å². The Morgan fingerprint density at radius 3 is 3.00 bits per heavy atom. The standard InChI is InChI=1S/C17H20FN7/c1-23-15(11-24-9-7-19-12-24)21-22-16(23)13-4-3-8-25(10-13)17-14(18)5-2-6-20-17/h2,5-7,9,12-13H,3-4,8,10-11H2,1H3/t13-/m0/s1. The van der Waals surface area contributed by atoms with E-state index in [-0.39, 0.29) is 11.7 Å². The molecule has 4 rings (SSSR count). The SMILES string of the molecule is Cn1c(Cn2ccnc2)nnc1[C@H]1CCCN(c2ncccc2F)C1. The number of halogens is 1. The molecule has 130 valence electrons. The zero-order valence-electron chi connectivity index (χ0n) is 14.1. The van der Waals surface area contributed by atoms with Gasteiger partial charge in [-0.1, -0.05) is 0 Å². The van der Waals surface area contributed by atoms with Gasteiger partial charge in [0.05, 0.1) is 12.9 Å². The Labute approximate surface area is 145 Å². The van der Waals surface area contributed by atoms with Gasteiger partial charge in [0, 0.05) is 44.6 Å². The van der Waals surface area contributed by atoms with Crippen molar-refractivity contribution in [1.82, 2.24) is 29.3 Å². The average Bonchev–Trinajstić information content (AvgIpc) is 3.27. The predicted molar refractivity (Wildman–Crippen MR) is 90.7 cm³/mol. The molecule has 1 aliphatic rings. The van der Waals surface area contributed by atoms with E-state index in [0.29, 0.717) is 18.9 Å². The molecule has 0 N–H and O–H groups in total. The molecule has 0 aromatic carbocycles. The summed E-state index contributed by atoms with van der Waals surface area (Å²) in [5, 5.41) is 8.75. The second kappa shape index (κ2) is 6.62. The Balaban J connectivity index is 1.54. The third kappa shape index (κ3) is 3.11. The monoisotopic (exact) mass is 341 g/mol. The van der Waals surface area contributed by atoms with Crippen LogP contribution >= 0.6 is 0 Å². The maximum absolute atomic E-state index is 14.1. The second-order valence-corrected chi connectivity index (χ2v) is 6.36. The number of anilines is 1. The van der Waals surface area contributed by atoms with E-state index in [0.717, 1.165) is 31.0 Å². The van der Waals surface area contributed by atoms with E-state index >= 15 is 0 Å². The van der Waals surface area contributed by atoms with Crippen molar-refractivity contribution in [2.24, 2.45) is 7.05 Å². The number of piperidine rings is 1. The highest BCUT2D eigenvalue weighted by Gasteiger charge is 2.27. The molecule has 0 aliphatic carbocycles. The van der Waals surface area contributed by atoms with Crippen LogP contribution in [0.3, 0.4) is 0 Å². The minimum absolute atomic E-state index is 0.212. The summed E-state index contributed by atoms with van der Waals surface area (Å²) >= 11 is 0. The molecule has 3 aromatic heterocycles. The fourth-order valence-corrected chi connectivity index (χ4v) is 3.40. The van der Waals surface area contributed by atoms with Crippen LogP contribution in [0.5, 0.6) is 0 Å². The van der Waals surface area contributed by atoms with Crippen molar-refractivity contribution >= 4 is 5.82 Å². The summed E-state index contributed by atoms with van der Waals surface area (Å²) in [7, 11) is 1.99. The molecule has 0 unspecified atom stereocenters. The number of aromatic nitrogens is 6. The summed E-state index contributed by atoms with van der Waals surface area (Å²) in [5.74, 6) is 2.18. The zero-order chi connectivity index (χ0) is 17.2. The Morgan fingerprint density at radius 1 is 1.28 bits per heavy atom. The van der Waals surface area contributed by atoms with E-state index in [9.17, 15) is 4.39 Å². The van der Waals surface area contributed by atoms with Crippen molar-refractivity contribution in [1.29, 1.82) is 0 Å². The molecule has 8 heteroatoms. The summed E-state index contributed by atoms with van der Waals surface area (Å²) < 4.78 is 18.1. The molecule has 0 saturated carbocycles. The van der Waals surface area contributed by atoms with Crippen LogP contribution in [0, 0.1) is 5.82 Å². The summed E-state index contributed by atoms with van der Waals surface area (Å²) in [6, 6.07) is 3.07. The molecule has 25 heavy (non-hydrogen) atoms. The van der Waals surface area contributed by atoms with Crippen LogP contribution in [0.2, 0.25) is 0 Å². The van der Waals surface area contributed by atoms with Gasteiger partial charge < -0.3 is 14.0 Å². The summed E-state index contributed by atoms with van der Waals surface area (Å²) in [5.41, 5.74) is 0. The number of rotatable bonds is 4. The summed E-state index contributed by atoms with van der Waals surface area (Å²) in [4.78, 5) is 10.3. The Morgan fingerprint density at radius 2 is 2.20 bits per heavy atom. The Hall–Kier alpha value is -2.77. The molecule has 3 aromatic rings. The number of hydrogen-bond donors (Lipinski definition) is 0. The van der Waals surface area contributed by atoms with Gasteiger partial charge in [0.1, 0.15) is 5.82 Å². The van der Waals surface area contributed by atoms with E-state index in [1.807, 2.05) is 27.3 Å². The van der Waals surface area contributed by atoms with Crippen LogP contribution in [0.15, 0.2) is 37.1 Å². The molecule has 4 heterocycles. The zero-order valence-corrected chi connectivity index (χ0v) is 14.1. The van der Waals surface area contributed by atoms with Crippen LogP contribution in [0.25, 0.3) is 0 Å².